The highest BCUT2D eigenvalue weighted by molar-refractivity contribution is 5.86. The summed E-state index contributed by atoms with van der Waals surface area (Å²) in [5, 5.41) is 2.83. The SMILES string of the molecule is Cc1ccc2c(c1)OC(C)(C)[C@H]1C[C@@H]3CN(C(=O)[C@@H](NC(=O)OCc4ccccc4)C(C)C)CC[C@@H]3O[C@H]21. The molecule has 2 saturated heterocycles. The zero-order valence-corrected chi connectivity index (χ0v) is 23.1. The first-order chi connectivity index (χ1) is 18.1. The number of likely N-dealkylation sites (tertiary alicyclic amines) is 1. The number of carbonyl (C=O) groups is 2. The van der Waals surface area contributed by atoms with Crippen LogP contribution in [0.5, 0.6) is 5.75 Å². The number of alkyl carbamates (subject to hydrolysis) is 1. The molecule has 1 N–H and O–H groups in total. The van der Waals surface area contributed by atoms with Gasteiger partial charge in [-0.1, -0.05) is 56.3 Å². The maximum Gasteiger partial charge on any atom is 0.408 e. The molecule has 0 saturated carbocycles. The molecule has 0 aliphatic carbocycles. The molecule has 2 aromatic rings. The normalized spacial score (nSPS) is 26.3. The molecule has 204 valence electrons. The standard InChI is InChI=1S/C31H40N2O5/c1-19(2)27(32-30(35)36-18-21-9-7-6-8-10-21)29(34)33-14-13-25-22(17-33)16-24-28(37-25)23-12-11-20(3)15-26(23)38-31(24,4)5/h6-12,15,19,22,24-25,27-28H,13-14,16-18H2,1-5H3,(H,32,35)/t22-,24+,25+,27+,28-/m1/s1. The molecular formula is C31H40N2O5. The largest absolute Gasteiger partial charge is 0.487 e. The first-order valence-electron chi connectivity index (χ1n) is 13.8. The predicted octanol–water partition coefficient (Wildman–Crippen LogP) is 5.41. The van der Waals surface area contributed by atoms with Crippen LogP contribution in [0.2, 0.25) is 0 Å². The van der Waals surface area contributed by atoms with Crippen LogP contribution in [-0.2, 0) is 20.9 Å². The van der Waals surface area contributed by atoms with Crippen LogP contribution in [0.15, 0.2) is 48.5 Å². The predicted molar refractivity (Wildman–Crippen MR) is 145 cm³/mol. The molecule has 3 aliphatic rings. The minimum Gasteiger partial charge on any atom is -0.487 e. The fourth-order valence-electron chi connectivity index (χ4n) is 6.21. The Morgan fingerprint density at radius 3 is 2.66 bits per heavy atom. The second-order valence-corrected chi connectivity index (χ2v) is 11.9. The van der Waals surface area contributed by atoms with Gasteiger partial charge in [0.25, 0.3) is 0 Å². The Labute approximate surface area is 225 Å². The van der Waals surface area contributed by atoms with E-state index in [1.165, 1.54) is 5.56 Å². The van der Waals surface area contributed by atoms with Crippen molar-refractivity contribution in [3.63, 3.8) is 0 Å². The molecule has 38 heavy (non-hydrogen) atoms. The number of fused-ring (bicyclic) bond motifs is 4. The number of hydrogen-bond acceptors (Lipinski definition) is 5. The quantitative estimate of drug-likeness (QED) is 0.570. The Morgan fingerprint density at radius 2 is 1.92 bits per heavy atom. The highest BCUT2D eigenvalue weighted by Gasteiger charge is 2.51. The topological polar surface area (TPSA) is 77.1 Å². The number of aryl methyl sites for hydroxylation is 1. The number of amides is 2. The maximum absolute atomic E-state index is 13.6. The van der Waals surface area contributed by atoms with E-state index in [1.54, 1.807) is 0 Å². The minimum absolute atomic E-state index is 0.00214. The van der Waals surface area contributed by atoms with Crippen molar-refractivity contribution in [2.75, 3.05) is 13.1 Å². The summed E-state index contributed by atoms with van der Waals surface area (Å²) in [7, 11) is 0. The highest BCUT2D eigenvalue weighted by Crippen LogP contribution is 2.53. The molecule has 0 unspecified atom stereocenters. The van der Waals surface area contributed by atoms with Gasteiger partial charge in [-0.15, -0.1) is 0 Å². The number of carbonyl (C=O) groups excluding carboxylic acids is 2. The summed E-state index contributed by atoms with van der Waals surface area (Å²) in [6.45, 7) is 11.7. The zero-order chi connectivity index (χ0) is 27.0. The fourth-order valence-corrected chi connectivity index (χ4v) is 6.21. The van der Waals surface area contributed by atoms with Crippen molar-refractivity contribution in [1.29, 1.82) is 0 Å². The van der Waals surface area contributed by atoms with E-state index < -0.39 is 12.1 Å². The molecule has 0 spiro atoms. The van der Waals surface area contributed by atoms with Gasteiger partial charge in [0.1, 0.15) is 24.0 Å². The monoisotopic (exact) mass is 520 g/mol. The third kappa shape index (κ3) is 5.39. The number of nitrogens with one attached hydrogen (secondary N) is 1. The van der Waals surface area contributed by atoms with Gasteiger partial charge in [-0.05, 0) is 56.7 Å². The van der Waals surface area contributed by atoms with Gasteiger partial charge in [0.2, 0.25) is 5.91 Å². The van der Waals surface area contributed by atoms with E-state index in [0.29, 0.717) is 13.1 Å². The van der Waals surface area contributed by atoms with Crippen molar-refractivity contribution < 1.29 is 23.8 Å². The number of ether oxygens (including phenoxy) is 3. The molecule has 7 heteroatoms. The Kier molecular flexibility index (Phi) is 7.40. The summed E-state index contributed by atoms with van der Waals surface area (Å²) >= 11 is 0. The van der Waals surface area contributed by atoms with Crippen molar-refractivity contribution >= 4 is 12.0 Å². The van der Waals surface area contributed by atoms with Gasteiger partial charge >= 0.3 is 6.09 Å². The van der Waals surface area contributed by atoms with Crippen molar-refractivity contribution in [2.24, 2.45) is 17.8 Å². The number of hydrogen-bond donors (Lipinski definition) is 1. The number of nitrogens with zero attached hydrogens (tertiary/aromatic N) is 1. The van der Waals surface area contributed by atoms with Crippen LogP contribution in [0, 0.1) is 24.7 Å². The lowest BCUT2D eigenvalue weighted by Gasteiger charge is -2.53. The van der Waals surface area contributed by atoms with Crippen LogP contribution in [-0.4, -0.2) is 47.7 Å². The van der Waals surface area contributed by atoms with Crippen molar-refractivity contribution in [2.45, 2.75) is 77.9 Å². The summed E-state index contributed by atoms with van der Waals surface area (Å²) in [6, 6.07) is 15.3. The Balaban J connectivity index is 1.24. The minimum atomic E-state index is -0.642. The van der Waals surface area contributed by atoms with E-state index in [1.807, 2.05) is 49.1 Å². The van der Waals surface area contributed by atoms with E-state index in [2.05, 4.69) is 44.3 Å². The zero-order valence-electron chi connectivity index (χ0n) is 23.1. The first kappa shape index (κ1) is 26.5. The molecule has 0 aromatic heterocycles. The van der Waals surface area contributed by atoms with Crippen LogP contribution in [0.1, 0.15) is 63.3 Å². The number of piperidine rings is 1. The van der Waals surface area contributed by atoms with Crippen LogP contribution in [0.3, 0.4) is 0 Å². The molecule has 5 atom stereocenters. The summed E-state index contributed by atoms with van der Waals surface area (Å²) in [5.41, 5.74) is 2.85. The van der Waals surface area contributed by atoms with Gasteiger partial charge in [-0.2, -0.15) is 0 Å². The van der Waals surface area contributed by atoms with Crippen molar-refractivity contribution in [3.05, 3.63) is 65.2 Å². The van der Waals surface area contributed by atoms with Gasteiger partial charge in [0.15, 0.2) is 0 Å². The summed E-state index contributed by atoms with van der Waals surface area (Å²) in [5.74, 6) is 1.22. The van der Waals surface area contributed by atoms with E-state index in [0.717, 1.165) is 29.7 Å². The Bertz CT molecular complexity index is 1160. The van der Waals surface area contributed by atoms with Crippen LogP contribution in [0.25, 0.3) is 0 Å². The third-order valence-electron chi connectivity index (χ3n) is 8.38. The lowest BCUT2D eigenvalue weighted by Crippen LogP contribution is -2.58. The lowest BCUT2D eigenvalue weighted by molar-refractivity contribution is -0.189. The Morgan fingerprint density at radius 1 is 1.16 bits per heavy atom. The summed E-state index contributed by atoms with van der Waals surface area (Å²) < 4.78 is 18.6. The molecular weight excluding hydrogens is 480 g/mol. The molecule has 0 bridgehead atoms. The summed E-state index contributed by atoms with van der Waals surface area (Å²) in [6.07, 6.45) is 1.24. The van der Waals surface area contributed by atoms with Gasteiger partial charge in [-0.25, -0.2) is 4.79 Å². The highest BCUT2D eigenvalue weighted by atomic mass is 16.5. The van der Waals surface area contributed by atoms with Crippen LogP contribution < -0.4 is 10.1 Å². The van der Waals surface area contributed by atoms with E-state index >= 15 is 0 Å². The van der Waals surface area contributed by atoms with Crippen LogP contribution >= 0.6 is 0 Å². The average molecular weight is 521 g/mol. The second kappa shape index (κ2) is 10.6. The van der Waals surface area contributed by atoms with Crippen molar-refractivity contribution in [1.82, 2.24) is 10.2 Å². The van der Waals surface area contributed by atoms with E-state index in [9.17, 15) is 9.59 Å². The molecule has 2 fully saturated rings. The van der Waals surface area contributed by atoms with Gasteiger partial charge in [-0.3, -0.25) is 4.79 Å². The molecule has 0 radical (unpaired) electrons. The van der Waals surface area contributed by atoms with E-state index in [4.69, 9.17) is 14.2 Å². The molecule has 2 aromatic carbocycles. The molecule has 5 rings (SSSR count). The lowest BCUT2D eigenvalue weighted by atomic mass is 9.70. The van der Waals surface area contributed by atoms with Gasteiger partial charge < -0.3 is 24.4 Å². The molecule has 7 nitrogen and oxygen atoms in total. The maximum atomic E-state index is 13.6. The fraction of sp³-hybridized carbons (Fsp3) is 0.548. The Hall–Kier alpha value is -3.06. The van der Waals surface area contributed by atoms with E-state index in [-0.39, 0.29) is 48.1 Å². The van der Waals surface area contributed by atoms with Crippen LogP contribution in [0.4, 0.5) is 4.79 Å². The first-order valence-corrected chi connectivity index (χ1v) is 13.8. The van der Waals surface area contributed by atoms with Gasteiger partial charge in [0, 0.05) is 30.5 Å². The number of rotatable bonds is 5. The average Bonchev–Trinajstić information content (AvgIpc) is 2.89. The third-order valence-corrected chi connectivity index (χ3v) is 8.38. The number of benzene rings is 2. The van der Waals surface area contributed by atoms with Gasteiger partial charge in [0.05, 0.1) is 12.2 Å². The van der Waals surface area contributed by atoms with Crippen molar-refractivity contribution in [3.8, 4) is 5.75 Å². The molecule has 2 amide bonds. The second-order valence-electron chi connectivity index (χ2n) is 11.9. The summed E-state index contributed by atoms with van der Waals surface area (Å²) in [4.78, 5) is 28.1. The molecule has 3 heterocycles. The smallest absolute Gasteiger partial charge is 0.408 e. The molecule has 3 aliphatic heterocycles.